The third kappa shape index (κ3) is 6.80. The Morgan fingerprint density at radius 3 is 2.59 bits per heavy atom. The van der Waals surface area contributed by atoms with Crippen LogP contribution in [0.1, 0.15) is 30.1 Å². The van der Waals surface area contributed by atoms with Gasteiger partial charge in [0.25, 0.3) is 5.91 Å². The van der Waals surface area contributed by atoms with Gasteiger partial charge in [-0.2, -0.15) is 0 Å². The number of hydrogen-bond donors (Lipinski definition) is 3. The van der Waals surface area contributed by atoms with Crippen molar-refractivity contribution in [2.75, 3.05) is 46.4 Å². The summed E-state index contributed by atoms with van der Waals surface area (Å²) in [5.74, 6) is 1.10. The summed E-state index contributed by atoms with van der Waals surface area (Å²) in [5, 5.41) is 9.07. The molecule has 8 nitrogen and oxygen atoms in total. The van der Waals surface area contributed by atoms with E-state index in [0.29, 0.717) is 36.9 Å². The normalized spacial score (nSPS) is 14.0. The number of hydrogen-bond acceptors (Lipinski definition) is 4. The Morgan fingerprint density at radius 2 is 1.89 bits per heavy atom. The third-order valence-corrected chi connectivity index (χ3v) is 4.21. The number of methoxy groups -OCH3 is 1. The quantitative estimate of drug-likeness (QED) is 0.351. The van der Waals surface area contributed by atoms with Crippen molar-refractivity contribution < 1.29 is 14.3 Å². The van der Waals surface area contributed by atoms with Gasteiger partial charge in [-0.15, -0.1) is 0 Å². The number of guanidine groups is 1. The molecule has 1 fully saturated rings. The fraction of sp³-hybridized carbons (Fsp3) is 0.526. The van der Waals surface area contributed by atoms with Crippen LogP contribution in [0.25, 0.3) is 0 Å². The molecule has 3 N–H and O–H groups in total. The van der Waals surface area contributed by atoms with E-state index in [4.69, 9.17) is 4.74 Å². The van der Waals surface area contributed by atoms with Gasteiger partial charge >= 0.3 is 0 Å². The fourth-order valence-corrected chi connectivity index (χ4v) is 2.78. The van der Waals surface area contributed by atoms with E-state index >= 15 is 0 Å². The van der Waals surface area contributed by atoms with E-state index in [1.165, 1.54) is 0 Å². The van der Waals surface area contributed by atoms with Gasteiger partial charge in [-0.25, -0.2) is 4.99 Å². The molecule has 2 amide bonds. The van der Waals surface area contributed by atoms with Crippen molar-refractivity contribution in [2.24, 2.45) is 4.99 Å². The smallest absolute Gasteiger partial charge is 0.251 e. The van der Waals surface area contributed by atoms with E-state index in [1.54, 1.807) is 31.4 Å². The zero-order chi connectivity index (χ0) is 19.5. The second-order valence-electron chi connectivity index (χ2n) is 6.20. The van der Waals surface area contributed by atoms with E-state index in [2.05, 4.69) is 20.9 Å². The molecule has 148 valence electrons. The molecule has 1 aliphatic rings. The maximum absolute atomic E-state index is 12.2. The van der Waals surface area contributed by atoms with E-state index in [0.717, 1.165) is 25.9 Å². The Bertz CT molecular complexity index is 657. The van der Waals surface area contributed by atoms with Crippen molar-refractivity contribution in [3.05, 3.63) is 29.8 Å². The molecule has 1 aromatic rings. The Hall–Kier alpha value is -2.77. The molecule has 0 radical (unpaired) electrons. The van der Waals surface area contributed by atoms with Crippen molar-refractivity contribution in [2.45, 2.75) is 19.8 Å². The number of aliphatic imine (C=N–C) groups is 1. The number of carbonyl (C=O) groups is 2. The van der Waals surface area contributed by atoms with E-state index < -0.39 is 0 Å². The number of benzene rings is 1. The summed E-state index contributed by atoms with van der Waals surface area (Å²) < 4.78 is 5.12. The van der Waals surface area contributed by atoms with Gasteiger partial charge in [-0.1, -0.05) is 6.07 Å². The van der Waals surface area contributed by atoms with E-state index in [1.807, 2.05) is 11.8 Å². The van der Waals surface area contributed by atoms with Gasteiger partial charge in [0, 0.05) is 38.3 Å². The first kappa shape index (κ1) is 20.5. The van der Waals surface area contributed by atoms with Crippen LogP contribution in [0.4, 0.5) is 0 Å². The minimum atomic E-state index is -0.165. The minimum Gasteiger partial charge on any atom is -0.497 e. The fourth-order valence-electron chi connectivity index (χ4n) is 2.78. The SMILES string of the molecule is CCNC(=NCC(=O)N1CCCC1)NCCNC(=O)c1cccc(OC)c1. The van der Waals surface area contributed by atoms with Crippen molar-refractivity contribution >= 4 is 17.8 Å². The van der Waals surface area contributed by atoms with Gasteiger partial charge in [0.2, 0.25) is 5.91 Å². The van der Waals surface area contributed by atoms with Crippen LogP contribution in [-0.4, -0.2) is 69.1 Å². The maximum Gasteiger partial charge on any atom is 0.251 e. The molecule has 1 heterocycles. The molecule has 0 atom stereocenters. The average molecular weight is 375 g/mol. The van der Waals surface area contributed by atoms with Crippen LogP contribution in [0.2, 0.25) is 0 Å². The standard InChI is InChI=1S/C19H29N5O3/c1-3-20-19(23-14-17(25)24-11-4-5-12-24)22-10-9-21-18(26)15-7-6-8-16(13-15)27-2/h6-8,13H,3-5,9-12,14H2,1-2H3,(H,21,26)(H2,20,22,23). The third-order valence-electron chi connectivity index (χ3n) is 4.21. The molecular weight excluding hydrogens is 346 g/mol. The van der Waals surface area contributed by atoms with Crippen molar-refractivity contribution in [1.82, 2.24) is 20.9 Å². The minimum absolute atomic E-state index is 0.0519. The van der Waals surface area contributed by atoms with Crippen LogP contribution in [0.5, 0.6) is 5.75 Å². The van der Waals surface area contributed by atoms with Gasteiger partial charge in [0.05, 0.1) is 7.11 Å². The summed E-state index contributed by atoms with van der Waals surface area (Å²) in [7, 11) is 1.57. The molecule has 8 heteroatoms. The monoisotopic (exact) mass is 375 g/mol. The zero-order valence-electron chi connectivity index (χ0n) is 16.1. The molecule has 2 rings (SSSR count). The molecular formula is C19H29N5O3. The highest BCUT2D eigenvalue weighted by atomic mass is 16.5. The molecule has 0 saturated carbocycles. The summed E-state index contributed by atoms with van der Waals surface area (Å²) in [5.41, 5.74) is 0.547. The summed E-state index contributed by atoms with van der Waals surface area (Å²) in [6.07, 6.45) is 2.14. The lowest BCUT2D eigenvalue weighted by Crippen LogP contribution is -2.42. The van der Waals surface area contributed by atoms with Gasteiger partial charge in [-0.05, 0) is 38.0 Å². The van der Waals surface area contributed by atoms with E-state index in [-0.39, 0.29) is 18.4 Å². The molecule has 0 aromatic heterocycles. The molecule has 0 spiro atoms. The highest BCUT2D eigenvalue weighted by molar-refractivity contribution is 5.94. The van der Waals surface area contributed by atoms with Crippen molar-refractivity contribution in [3.8, 4) is 5.75 Å². The number of nitrogens with zero attached hydrogens (tertiary/aromatic N) is 2. The van der Waals surface area contributed by atoms with Crippen LogP contribution in [0.3, 0.4) is 0 Å². The van der Waals surface area contributed by atoms with Crippen LogP contribution < -0.4 is 20.7 Å². The second kappa shape index (κ2) is 11.1. The second-order valence-corrected chi connectivity index (χ2v) is 6.20. The predicted octanol–water partition coefficient (Wildman–Crippen LogP) is 0.603. The van der Waals surface area contributed by atoms with Crippen LogP contribution in [-0.2, 0) is 4.79 Å². The Labute approximate surface area is 160 Å². The molecule has 0 bridgehead atoms. The van der Waals surface area contributed by atoms with Crippen molar-refractivity contribution in [3.63, 3.8) is 0 Å². The topological polar surface area (TPSA) is 95.1 Å². The number of likely N-dealkylation sites (tertiary alicyclic amines) is 1. The van der Waals surface area contributed by atoms with Gasteiger partial charge in [0.1, 0.15) is 12.3 Å². The first-order chi connectivity index (χ1) is 13.1. The van der Waals surface area contributed by atoms with Crippen LogP contribution in [0.15, 0.2) is 29.3 Å². The van der Waals surface area contributed by atoms with Crippen LogP contribution >= 0.6 is 0 Å². The number of nitrogens with one attached hydrogen (secondary N) is 3. The number of amides is 2. The first-order valence-electron chi connectivity index (χ1n) is 9.36. The van der Waals surface area contributed by atoms with Crippen molar-refractivity contribution in [1.29, 1.82) is 0 Å². The number of ether oxygens (including phenoxy) is 1. The van der Waals surface area contributed by atoms with Gasteiger partial charge in [0.15, 0.2) is 5.96 Å². The molecule has 0 unspecified atom stereocenters. The Kier molecular flexibility index (Phi) is 8.41. The predicted molar refractivity (Wildman–Crippen MR) is 105 cm³/mol. The summed E-state index contributed by atoms with van der Waals surface area (Å²) >= 11 is 0. The Morgan fingerprint density at radius 1 is 1.15 bits per heavy atom. The van der Waals surface area contributed by atoms with Crippen LogP contribution in [0, 0.1) is 0 Å². The number of rotatable bonds is 8. The summed E-state index contributed by atoms with van der Waals surface area (Å²) in [6.45, 7) is 5.37. The molecule has 1 aromatic carbocycles. The summed E-state index contributed by atoms with van der Waals surface area (Å²) in [6, 6.07) is 7.00. The average Bonchev–Trinajstić information content (AvgIpc) is 3.23. The molecule has 27 heavy (non-hydrogen) atoms. The molecule has 1 aliphatic heterocycles. The maximum atomic E-state index is 12.2. The zero-order valence-corrected chi connectivity index (χ0v) is 16.1. The van der Waals surface area contributed by atoms with E-state index in [9.17, 15) is 9.59 Å². The lowest BCUT2D eigenvalue weighted by atomic mass is 10.2. The lowest BCUT2D eigenvalue weighted by molar-refractivity contribution is -0.128. The summed E-state index contributed by atoms with van der Waals surface area (Å²) in [4.78, 5) is 30.4. The Balaban J connectivity index is 1.75. The lowest BCUT2D eigenvalue weighted by Gasteiger charge is -2.15. The number of carbonyl (C=O) groups excluding carboxylic acids is 2. The van der Waals surface area contributed by atoms with Gasteiger partial charge in [-0.3, -0.25) is 9.59 Å². The van der Waals surface area contributed by atoms with Gasteiger partial charge < -0.3 is 25.6 Å². The highest BCUT2D eigenvalue weighted by Crippen LogP contribution is 2.12. The largest absolute Gasteiger partial charge is 0.497 e. The molecule has 1 saturated heterocycles. The highest BCUT2D eigenvalue weighted by Gasteiger charge is 2.17. The molecule has 0 aliphatic carbocycles. The first-order valence-corrected chi connectivity index (χ1v) is 9.36.